The summed E-state index contributed by atoms with van der Waals surface area (Å²) in [5, 5.41) is 2.98. The van der Waals surface area contributed by atoms with Gasteiger partial charge >= 0.3 is 0 Å². The van der Waals surface area contributed by atoms with Crippen molar-refractivity contribution in [2.24, 2.45) is 5.92 Å². The number of halogens is 4. The molecule has 1 unspecified atom stereocenters. The number of hydrogen-bond donors (Lipinski definition) is 2. The van der Waals surface area contributed by atoms with E-state index in [4.69, 9.17) is 0 Å². The first kappa shape index (κ1) is 28.9. The second-order valence-corrected chi connectivity index (χ2v) is 12.5. The van der Waals surface area contributed by atoms with Crippen molar-refractivity contribution in [3.8, 4) is 0 Å². The van der Waals surface area contributed by atoms with Gasteiger partial charge in [-0.2, -0.15) is 0 Å². The molecule has 13 heteroatoms. The van der Waals surface area contributed by atoms with Crippen LogP contribution in [0.15, 0.2) is 59.8 Å². The minimum atomic E-state index is -4.79. The molecule has 7 nitrogen and oxygen atoms in total. The summed E-state index contributed by atoms with van der Waals surface area (Å²) in [7, 11) is -3.22. The number of carbonyl (C=O) groups is 1. The van der Waals surface area contributed by atoms with Gasteiger partial charge in [-0.3, -0.25) is 14.5 Å². The minimum absolute atomic E-state index is 0.0723. The summed E-state index contributed by atoms with van der Waals surface area (Å²) in [4.78, 5) is 18.0. The number of carbonyl (C=O) groups excluding carboxylic acids is 1. The van der Waals surface area contributed by atoms with E-state index in [1.165, 1.54) is 29.1 Å². The third-order valence-corrected chi connectivity index (χ3v) is 9.79. The van der Waals surface area contributed by atoms with Crippen molar-refractivity contribution < 1.29 is 30.8 Å². The summed E-state index contributed by atoms with van der Waals surface area (Å²) in [6.45, 7) is 0. The fraction of sp³-hybridized carbons (Fsp3) is 0.286. The molecule has 1 atom stereocenters. The van der Waals surface area contributed by atoms with Crippen LogP contribution < -0.4 is 10.0 Å². The summed E-state index contributed by atoms with van der Waals surface area (Å²) in [6, 6.07) is 6.88. The molecule has 0 spiro atoms. The van der Waals surface area contributed by atoms with Crippen LogP contribution in [0.4, 0.5) is 23.2 Å². The largest absolute Gasteiger partial charge is 0.344 e. The molecule has 0 saturated heterocycles. The van der Waals surface area contributed by atoms with Crippen molar-refractivity contribution in [1.29, 1.82) is 0 Å². The molecule has 2 heterocycles. The molecule has 0 radical (unpaired) electrons. The Hall–Kier alpha value is -3.58. The molecular weight excluding hydrogens is 580 g/mol. The lowest BCUT2D eigenvalue weighted by atomic mass is 9.89. The molecule has 1 amide bonds. The second kappa shape index (κ2) is 11.7. The third-order valence-electron chi connectivity index (χ3n) is 7.09. The normalized spacial score (nSPS) is 18.1. The molecule has 1 fully saturated rings. The molecule has 5 rings (SSSR count). The van der Waals surface area contributed by atoms with Crippen LogP contribution in [0.5, 0.6) is 0 Å². The standard InChI is InChI=1S/C28H26F4N4O3S2/c1-36-25(26(16-11-13-33-14-12-16)40-28(36)34-27(37)17-5-3-2-4-6-17)23-20(31)9-10-21(24(23)32)35-41(38,39)22-15-18(29)7-8-19(22)30/h7-15,17,28,35H,2-6H2,1H3,(H,34,37). The predicted octanol–water partition coefficient (Wildman–Crippen LogP) is 5.92. The zero-order chi connectivity index (χ0) is 29.3. The third kappa shape index (κ3) is 5.91. The van der Waals surface area contributed by atoms with Gasteiger partial charge in [0.05, 0.1) is 16.9 Å². The van der Waals surface area contributed by atoms with E-state index in [9.17, 15) is 22.0 Å². The first-order valence-electron chi connectivity index (χ1n) is 12.9. The molecular formula is C28H26F4N4O3S2. The van der Waals surface area contributed by atoms with E-state index in [1.54, 1.807) is 19.2 Å². The number of pyridine rings is 1. The van der Waals surface area contributed by atoms with Gasteiger partial charge in [0.25, 0.3) is 10.0 Å². The summed E-state index contributed by atoms with van der Waals surface area (Å²) in [5.41, 5.74) is -1.28. The van der Waals surface area contributed by atoms with Crippen LogP contribution in [-0.2, 0) is 14.8 Å². The fourth-order valence-electron chi connectivity index (χ4n) is 4.98. The van der Waals surface area contributed by atoms with Crippen molar-refractivity contribution in [3.63, 3.8) is 0 Å². The van der Waals surface area contributed by atoms with Gasteiger partial charge in [0.2, 0.25) is 5.91 Å². The van der Waals surface area contributed by atoms with Crippen LogP contribution in [-0.4, -0.2) is 36.8 Å². The molecule has 1 aliphatic carbocycles. The number of benzene rings is 2. The van der Waals surface area contributed by atoms with E-state index in [-0.39, 0.29) is 17.5 Å². The molecule has 1 saturated carbocycles. The Bertz CT molecular complexity index is 1610. The van der Waals surface area contributed by atoms with Gasteiger partial charge in [-0.1, -0.05) is 31.0 Å². The van der Waals surface area contributed by atoms with Crippen LogP contribution >= 0.6 is 11.8 Å². The highest BCUT2D eigenvalue weighted by molar-refractivity contribution is 8.09. The summed E-state index contributed by atoms with van der Waals surface area (Å²) in [6.07, 6.45) is 7.54. The number of nitrogens with zero attached hydrogens (tertiary/aromatic N) is 2. The smallest absolute Gasteiger partial charge is 0.265 e. The van der Waals surface area contributed by atoms with Crippen molar-refractivity contribution in [3.05, 3.63) is 89.3 Å². The Morgan fingerprint density at radius 3 is 2.37 bits per heavy atom. The van der Waals surface area contributed by atoms with Crippen LogP contribution in [0.2, 0.25) is 0 Å². The van der Waals surface area contributed by atoms with E-state index in [2.05, 4.69) is 10.3 Å². The Morgan fingerprint density at radius 1 is 0.976 bits per heavy atom. The van der Waals surface area contributed by atoms with Gasteiger partial charge in [-0.05, 0) is 60.9 Å². The number of amides is 1. The lowest BCUT2D eigenvalue weighted by Crippen LogP contribution is -2.44. The summed E-state index contributed by atoms with van der Waals surface area (Å²) < 4.78 is 87.0. The maximum atomic E-state index is 16.0. The van der Waals surface area contributed by atoms with Gasteiger partial charge in [0.15, 0.2) is 11.3 Å². The highest BCUT2D eigenvalue weighted by atomic mass is 32.2. The number of rotatable bonds is 7. The molecule has 2 N–H and O–H groups in total. The molecule has 2 aliphatic rings. The monoisotopic (exact) mass is 606 g/mol. The topological polar surface area (TPSA) is 91.4 Å². The molecule has 0 bridgehead atoms. The SMILES string of the molecule is CN1C(c2c(F)ccc(NS(=O)(=O)c3cc(F)ccc3F)c2F)=C(c2ccncc2)SC1NC(=O)C1CCCCC1. The second-order valence-electron chi connectivity index (χ2n) is 9.80. The maximum Gasteiger partial charge on any atom is 0.265 e. The Labute approximate surface area is 239 Å². The van der Waals surface area contributed by atoms with Gasteiger partial charge in [0, 0.05) is 30.3 Å². The zero-order valence-electron chi connectivity index (χ0n) is 21.8. The fourth-order valence-corrected chi connectivity index (χ4v) is 7.43. The van der Waals surface area contributed by atoms with Gasteiger partial charge in [0.1, 0.15) is 22.3 Å². The van der Waals surface area contributed by atoms with Crippen molar-refractivity contribution in [2.75, 3.05) is 11.8 Å². The van der Waals surface area contributed by atoms with E-state index < -0.39 is 54.9 Å². The van der Waals surface area contributed by atoms with Crippen molar-refractivity contribution in [2.45, 2.75) is 42.5 Å². The maximum absolute atomic E-state index is 16.0. The minimum Gasteiger partial charge on any atom is -0.344 e. The van der Waals surface area contributed by atoms with E-state index in [0.29, 0.717) is 22.6 Å². The number of thioether (sulfide) groups is 1. The number of aromatic nitrogens is 1. The van der Waals surface area contributed by atoms with Crippen molar-refractivity contribution in [1.82, 2.24) is 15.2 Å². The quantitative estimate of drug-likeness (QED) is 0.325. The van der Waals surface area contributed by atoms with Crippen LogP contribution in [0, 0.1) is 29.2 Å². The average Bonchev–Trinajstić information content (AvgIpc) is 3.27. The Kier molecular flexibility index (Phi) is 8.28. The predicted molar refractivity (Wildman–Crippen MR) is 148 cm³/mol. The molecule has 41 heavy (non-hydrogen) atoms. The van der Waals surface area contributed by atoms with Crippen LogP contribution in [0.3, 0.4) is 0 Å². The highest BCUT2D eigenvalue weighted by Crippen LogP contribution is 2.48. The van der Waals surface area contributed by atoms with E-state index in [0.717, 1.165) is 50.3 Å². The van der Waals surface area contributed by atoms with Gasteiger partial charge in [-0.25, -0.2) is 26.0 Å². The summed E-state index contributed by atoms with van der Waals surface area (Å²) in [5.74, 6) is -4.81. The van der Waals surface area contributed by atoms with Gasteiger partial charge < -0.3 is 10.2 Å². The van der Waals surface area contributed by atoms with E-state index in [1.807, 2.05) is 4.72 Å². The Balaban J connectivity index is 1.54. The lowest BCUT2D eigenvalue weighted by Gasteiger charge is -2.28. The highest BCUT2D eigenvalue weighted by Gasteiger charge is 2.37. The number of hydrogen-bond acceptors (Lipinski definition) is 6. The first-order chi connectivity index (χ1) is 19.6. The number of nitrogens with one attached hydrogen (secondary N) is 2. The van der Waals surface area contributed by atoms with Crippen LogP contribution in [0.1, 0.15) is 43.2 Å². The number of sulfonamides is 1. The molecule has 216 valence electrons. The van der Waals surface area contributed by atoms with Crippen molar-refractivity contribution >= 4 is 44.0 Å². The number of anilines is 1. The molecule has 2 aromatic carbocycles. The zero-order valence-corrected chi connectivity index (χ0v) is 23.5. The molecule has 3 aromatic rings. The first-order valence-corrected chi connectivity index (χ1v) is 15.2. The van der Waals surface area contributed by atoms with Crippen LogP contribution in [0.25, 0.3) is 10.6 Å². The average molecular weight is 607 g/mol. The summed E-state index contributed by atoms with van der Waals surface area (Å²) >= 11 is 1.19. The van der Waals surface area contributed by atoms with Gasteiger partial charge in [-0.15, -0.1) is 0 Å². The lowest BCUT2D eigenvalue weighted by molar-refractivity contribution is -0.126. The van der Waals surface area contributed by atoms with E-state index >= 15 is 8.78 Å². The molecule has 1 aliphatic heterocycles. The Morgan fingerprint density at radius 2 is 1.66 bits per heavy atom. The molecule has 1 aromatic heterocycles.